The number of aryl methyl sites for hydroxylation is 5. The van der Waals surface area contributed by atoms with Crippen molar-refractivity contribution >= 4 is 34.8 Å². The smallest absolute Gasteiger partial charge is 0.660 e. The van der Waals surface area contributed by atoms with Gasteiger partial charge in [0.2, 0.25) is 0 Å². The van der Waals surface area contributed by atoms with Crippen LogP contribution in [0.1, 0.15) is 40.7 Å². The molecule has 3 rings (SSSR count). The fourth-order valence-electron chi connectivity index (χ4n) is 6.25. The maximum absolute atomic E-state index is 13.0. The molecule has 0 bridgehead atoms. The molecule has 0 amide bonds. The molecule has 53 heavy (non-hydrogen) atoms. The molecular formula is C34H53KN4O12P2. The van der Waals surface area contributed by atoms with E-state index in [2.05, 4.69) is 31.3 Å². The quantitative estimate of drug-likeness (QED) is 0.0871. The van der Waals surface area contributed by atoms with Crippen LogP contribution in [0.2, 0.25) is 0 Å². The van der Waals surface area contributed by atoms with Crippen molar-refractivity contribution in [3.8, 4) is 16.9 Å². The number of phosphoric ester groups is 1. The maximum Gasteiger partial charge on any atom is 1.00 e. The minimum atomic E-state index is -4.56. The minimum absolute atomic E-state index is 0. The molecule has 0 spiro atoms. The number of carboxylic acid groups (broad SMARTS) is 3. The van der Waals surface area contributed by atoms with E-state index in [0.29, 0.717) is 31.7 Å². The Morgan fingerprint density at radius 2 is 1.32 bits per heavy atom. The fourth-order valence-corrected chi connectivity index (χ4v) is 7.11. The number of hydrogen-bond donors (Lipinski definition) is 6. The van der Waals surface area contributed by atoms with E-state index in [0.717, 1.165) is 27.8 Å². The molecule has 2 aromatic rings. The Labute approximate surface area is 355 Å². The SMILES string of the molecule is Cc1cc(C)c(-c2cc(C)c(OP(=O)(O)OCCCC(C(=O)O)N3CCN(CC(=O)O)CC[N-]CCN(CC(=O)O)CC3)cc2C)c(C)c1.OPO.[K+]. The van der Waals surface area contributed by atoms with Crippen LogP contribution < -0.4 is 55.9 Å². The van der Waals surface area contributed by atoms with Crippen molar-refractivity contribution in [2.24, 2.45) is 0 Å². The maximum atomic E-state index is 13.0. The van der Waals surface area contributed by atoms with Crippen molar-refractivity contribution in [1.82, 2.24) is 14.7 Å². The average Bonchev–Trinajstić information content (AvgIpc) is 3.01. The van der Waals surface area contributed by atoms with Crippen LogP contribution in [0, 0.1) is 34.6 Å². The Hall–Kier alpha value is -1.37. The van der Waals surface area contributed by atoms with Crippen LogP contribution in [0.25, 0.3) is 16.4 Å². The molecule has 19 heteroatoms. The Kier molecular flexibility index (Phi) is 23.4. The van der Waals surface area contributed by atoms with Gasteiger partial charge in [-0.1, -0.05) is 17.7 Å². The number of benzene rings is 2. The third-order valence-electron chi connectivity index (χ3n) is 8.56. The van der Waals surface area contributed by atoms with Gasteiger partial charge in [-0.3, -0.25) is 38.5 Å². The number of nitrogens with zero attached hydrogens (tertiary/aromatic N) is 4. The van der Waals surface area contributed by atoms with Gasteiger partial charge in [0.1, 0.15) is 20.8 Å². The van der Waals surface area contributed by atoms with Crippen molar-refractivity contribution in [2.75, 3.05) is 72.1 Å². The molecule has 2 aromatic carbocycles. The Bertz CT molecular complexity index is 1500. The predicted octanol–water partition coefficient (Wildman–Crippen LogP) is 0.571. The van der Waals surface area contributed by atoms with Gasteiger partial charge in [-0.25, -0.2) is 4.57 Å². The van der Waals surface area contributed by atoms with Gasteiger partial charge in [0.15, 0.2) is 0 Å². The molecule has 1 saturated heterocycles. The summed E-state index contributed by atoms with van der Waals surface area (Å²) in [5, 5.41) is 33.2. The molecule has 1 heterocycles. The van der Waals surface area contributed by atoms with E-state index in [-0.39, 0.29) is 116 Å². The summed E-state index contributed by atoms with van der Waals surface area (Å²) in [5.41, 5.74) is 7.05. The number of hydrogen-bond acceptors (Lipinski definition) is 11. The van der Waals surface area contributed by atoms with Crippen molar-refractivity contribution in [3.05, 3.63) is 57.4 Å². The zero-order valence-corrected chi connectivity index (χ0v) is 36.5. The molecule has 2 unspecified atom stereocenters. The first-order chi connectivity index (χ1) is 24.5. The Morgan fingerprint density at radius 1 is 0.811 bits per heavy atom. The fraction of sp³-hybridized carbons (Fsp3) is 0.559. The number of carboxylic acids is 3. The van der Waals surface area contributed by atoms with E-state index in [4.69, 9.17) is 18.8 Å². The summed E-state index contributed by atoms with van der Waals surface area (Å²) < 4.78 is 23.7. The summed E-state index contributed by atoms with van der Waals surface area (Å²) in [6, 6.07) is 6.84. The molecule has 292 valence electrons. The van der Waals surface area contributed by atoms with Crippen LogP contribution in [0.5, 0.6) is 5.75 Å². The van der Waals surface area contributed by atoms with Gasteiger partial charge in [-0.15, -0.1) is 13.1 Å². The normalized spacial score (nSPS) is 16.8. The average molecular weight is 811 g/mol. The molecule has 1 aliphatic heterocycles. The predicted molar refractivity (Wildman–Crippen MR) is 198 cm³/mol. The second kappa shape index (κ2) is 25.0. The first-order valence-electron chi connectivity index (χ1n) is 16.9. The standard InChI is InChI=1S/C34H50N4O10P.K.H3O2P/c1-23-17-26(4)33(27(5)18-23)28-19-25(3)30(20-24(28)2)48-49(45,46)47-16-6-7-29(34(43)44)38-14-12-36(21-31(39)40)10-8-35-9-11-37(13-15-38)22-32(41)42;;1-3-2/h17-20,29H,6-16,21-22H2,1-5H3,(H,39,40)(H,41,42)(H,43,44)(H,45,46);;1-3H/q-1;+1;. The van der Waals surface area contributed by atoms with Crippen molar-refractivity contribution in [1.29, 1.82) is 0 Å². The Morgan fingerprint density at radius 3 is 1.79 bits per heavy atom. The molecule has 0 saturated carbocycles. The van der Waals surface area contributed by atoms with E-state index >= 15 is 0 Å². The number of phosphoric acid groups is 1. The summed E-state index contributed by atoms with van der Waals surface area (Å²) in [6.07, 6.45) is 0.172. The van der Waals surface area contributed by atoms with E-state index < -0.39 is 40.8 Å². The van der Waals surface area contributed by atoms with E-state index in [9.17, 15) is 39.2 Å². The first-order valence-corrected chi connectivity index (χ1v) is 19.2. The van der Waals surface area contributed by atoms with Crippen LogP contribution in [0.15, 0.2) is 24.3 Å². The molecule has 0 radical (unpaired) electrons. The van der Waals surface area contributed by atoms with Crippen molar-refractivity contribution < 1.29 is 109 Å². The zero-order valence-electron chi connectivity index (χ0n) is 31.4. The monoisotopic (exact) mass is 810 g/mol. The molecule has 16 nitrogen and oxygen atoms in total. The van der Waals surface area contributed by atoms with E-state index in [1.807, 2.05) is 19.9 Å². The third-order valence-corrected chi connectivity index (χ3v) is 9.49. The second-order valence-electron chi connectivity index (χ2n) is 12.7. The van der Waals surface area contributed by atoms with Gasteiger partial charge in [0.05, 0.1) is 19.7 Å². The minimum Gasteiger partial charge on any atom is -0.660 e. The molecule has 2 atom stereocenters. The molecular weight excluding hydrogens is 757 g/mol. The molecule has 6 N–H and O–H groups in total. The van der Waals surface area contributed by atoms with Gasteiger partial charge in [0.25, 0.3) is 0 Å². The zero-order chi connectivity index (χ0) is 39.0. The summed E-state index contributed by atoms with van der Waals surface area (Å²) in [7, 11) is -5.48. The van der Waals surface area contributed by atoms with Crippen LogP contribution in [-0.2, 0) is 23.5 Å². The summed E-state index contributed by atoms with van der Waals surface area (Å²) in [6.45, 7) is 11.6. The molecule has 1 fully saturated rings. The number of rotatable bonds is 14. The topological polar surface area (TPSA) is 232 Å². The third kappa shape index (κ3) is 18.0. The summed E-state index contributed by atoms with van der Waals surface area (Å²) in [4.78, 5) is 65.2. The van der Waals surface area contributed by atoms with E-state index in [1.165, 1.54) is 5.56 Å². The van der Waals surface area contributed by atoms with Crippen LogP contribution in [-0.4, -0.2) is 141 Å². The van der Waals surface area contributed by atoms with Crippen molar-refractivity contribution in [3.63, 3.8) is 0 Å². The molecule has 1 aliphatic rings. The summed E-state index contributed by atoms with van der Waals surface area (Å²) in [5.74, 6) is -2.93. The van der Waals surface area contributed by atoms with Crippen molar-refractivity contribution in [2.45, 2.75) is 53.5 Å². The van der Waals surface area contributed by atoms with Crippen LogP contribution in [0.4, 0.5) is 0 Å². The van der Waals surface area contributed by atoms with E-state index in [1.54, 1.807) is 27.7 Å². The Balaban J connectivity index is 0.00000339. The number of aliphatic carboxylic acids is 3. The largest absolute Gasteiger partial charge is 1.00 e. The molecule has 0 aromatic heterocycles. The molecule has 0 aliphatic carbocycles. The van der Waals surface area contributed by atoms with Gasteiger partial charge in [0, 0.05) is 26.2 Å². The summed E-state index contributed by atoms with van der Waals surface area (Å²) >= 11 is 0. The number of carbonyl (C=O) groups is 3. The van der Waals surface area contributed by atoms with Gasteiger partial charge in [-0.2, -0.15) is 0 Å². The van der Waals surface area contributed by atoms with Gasteiger partial charge in [-0.05, 0) is 106 Å². The van der Waals surface area contributed by atoms with Crippen LogP contribution >= 0.6 is 16.9 Å². The van der Waals surface area contributed by atoms with Gasteiger partial charge >= 0.3 is 77.1 Å². The first kappa shape index (κ1) is 49.6. The second-order valence-corrected chi connectivity index (χ2v) is 14.3. The van der Waals surface area contributed by atoms with Crippen LogP contribution in [0.3, 0.4) is 0 Å². The van der Waals surface area contributed by atoms with Gasteiger partial charge < -0.3 is 34.9 Å².